The molecule has 3 aliphatic rings. The number of nitrogens with one attached hydrogen (secondary N) is 3. The van der Waals surface area contributed by atoms with Crippen molar-refractivity contribution in [3.05, 3.63) is 41.5 Å². The van der Waals surface area contributed by atoms with Gasteiger partial charge in [0.2, 0.25) is 11.8 Å². The number of amides is 2. The third-order valence-electron chi connectivity index (χ3n) is 8.18. The van der Waals surface area contributed by atoms with Crippen LogP contribution < -0.4 is 10.8 Å². The van der Waals surface area contributed by atoms with Crippen LogP contribution in [0.4, 0.5) is 17.6 Å². The molecule has 1 aromatic carbocycles. The maximum Gasteiger partial charge on any atom is 0.271 e. The molecule has 0 radical (unpaired) electrons. The maximum absolute atomic E-state index is 15.5. The SMILES string of the molecule is C=C(CCF)C(=O)N1CCOCC1c1cc(F)c2nc(C(NC(=O)C3=NONC3CC)C3CCC(F)(F)CC3)[nH]c2c1. The number of nitrogens with zero attached hydrogens (tertiary/aromatic N) is 3. The van der Waals surface area contributed by atoms with E-state index < -0.39 is 54.3 Å². The molecule has 14 heteroatoms. The summed E-state index contributed by atoms with van der Waals surface area (Å²) in [5, 5.41) is 6.66. The molecule has 1 aromatic heterocycles. The molecular formula is C28H34F4N6O4. The lowest BCUT2D eigenvalue weighted by atomic mass is 9.81. The minimum atomic E-state index is -2.79. The number of hydrogen-bond donors (Lipinski definition) is 3. The maximum atomic E-state index is 15.5. The number of morpholine rings is 1. The van der Waals surface area contributed by atoms with Gasteiger partial charge >= 0.3 is 0 Å². The summed E-state index contributed by atoms with van der Waals surface area (Å²) in [7, 11) is 0. The molecule has 228 valence electrons. The summed E-state index contributed by atoms with van der Waals surface area (Å²) in [6.45, 7) is 5.42. The van der Waals surface area contributed by atoms with E-state index in [0.717, 1.165) is 0 Å². The van der Waals surface area contributed by atoms with E-state index in [9.17, 15) is 22.8 Å². The van der Waals surface area contributed by atoms with Gasteiger partial charge in [0.1, 0.15) is 11.3 Å². The number of rotatable bonds is 9. The molecule has 10 nitrogen and oxygen atoms in total. The quantitative estimate of drug-likeness (QED) is 0.296. The average Bonchev–Trinajstić information content (AvgIpc) is 3.63. The number of halogens is 4. The van der Waals surface area contributed by atoms with E-state index in [-0.39, 0.29) is 74.5 Å². The van der Waals surface area contributed by atoms with E-state index in [2.05, 4.69) is 32.5 Å². The van der Waals surface area contributed by atoms with Gasteiger partial charge in [0.05, 0.1) is 43.5 Å². The van der Waals surface area contributed by atoms with E-state index in [0.29, 0.717) is 17.5 Å². The summed E-state index contributed by atoms with van der Waals surface area (Å²) >= 11 is 0. The minimum absolute atomic E-state index is 0.000207. The Morgan fingerprint density at radius 2 is 2.05 bits per heavy atom. The van der Waals surface area contributed by atoms with Crippen LogP contribution in [0.1, 0.15) is 68.9 Å². The van der Waals surface area contributed by atoms with Crippen molar-refractivity contribution in [3.63, 3.8) is 0 Å². The topological polar surface area (TPSA) is 121 Å². The summed E-state index contributed by atoms with van der Waals surface area (Å²) in [4.78, 5) is 40.1. The van der Waals surface area contributed by atoms with Gasteiger partial charge in [-0.25, -0.2) is 18.2 Å². The standard InChI is InChI=1S/C28H34F4N6O4/c1-3-19-24(37-42-36-19)26(39)35-22(16-4-7-28(31,32)8-5-16)25-33-20-13-17(12-18(30)23(20)34-25)21-14-41-11-10-38(21)27(40)15(2)6-9-29/h12-13,16,19,21-22,36H,2-11,14H2,1H3,(H,33,34)(H,35,39). The molecule has 3 N–H and O–H groups in total. The first-order valence-corrected chi connectivity index (χ1v) is 14.1. The van der Waals surface area contributed by atoms with E-state index in [1.54, 1.807) is 6.07 Å². The second-order valence-corrected chi connectivity index (χ2v) is 10.9. The molecule has 1 saturated heterocycles. The van der Waals surface area contributed by atoms with Crippen molar-refractivity contribution >= 4 is 28.6 Å². The molecular weight excluding hydrogens is 560 g/mol. The largest absolute Gasteiger partial charge is 0.377 e. The number of imidazole rings is 1. The second kappa shape index (κ2) is 12.4. The molecule has 3 unspecified atom stereocenters. The molecule has 2 aliphatic heterocycles. The van der Waals surface area contributed by atoms with Crippen molar-refractivity contribution in [1.29, 1.82) is 0 Å². The predicted molar refractivity (Wildman–Crippen MR) is 145 cm³/mol. The molecule has 2 fully saturated rings. The Morgan fingerprint density at radius 3 is 2.76 bits per heavy atom. The lowest BCUT2D eigenvalue weighted by Gasteiger charge is -2.36. The van der Waals surface area contributed by atoms with Crippen molar-refractivity contribution in [3.8, 4) is 0 Å². The molecule has 2 aromatic rings. The third kappa shape index (κ3) is 6.14. The van der Waals surface area contributed by atoms with Crippen molar-refractivity contribution in [1.82, 2.24) is 25.7 Å². The first-order chi connectivity index (χ1) is 20.1. The number of hydroxylamine groups is 1. The fourth-order valence-corrected chi connectivity index (χ4v) is 5.76. The highest BCUT2D eigenvalue weighted by Crippen LogP contribution is 2.41. The first-order valence-electron chi connectivity index (χ1n) is 14.1. The van der Waals surface area contributed by atoms with Crippen LogP contribution in [-0.4, -0.2) is 70.8 Å². The Hall–Kier alpha value is -3.52. The Morgan fingerprint density at radius 1 is 1.29 bits per heavy atom. The molecule has 1 saturated carbocycles. The third-order valence-corrected chi connectivity index (χ3v) is 8.18. The van der Waals surface area contributed by atoms with Gasteiger partial charge in [0.25, 0.3) is 5.91 Å². The van der Waals surface area contributed by atoms with Crippen molar-refractivity contribution in [2.24, 2.45) is 11.1 Å². The van der Waals surface area contributed by atoms with Gasteiger partial charge in [-0.05, 0) is 42.9 Å². The number of alkyl halides is 3. The zero-order valence-corrected chi connectivity index (χ0v) is 23.2. The fourth-order valence-electron chi connectivity index (χ4n) is 5.76. The lowest BCUT2D eigenvalue weighted by Crippen LogP contribution is -2.44. The predicted octanol–water partition coefficient (Wildman–Crippen LogP) is 4.17. The van der Waals surface area contributed by atoms with Gasteiger partial charge in [-0.3, -0.25) is 18.9 Å². The average molecular weight is 595 g/mol. The van der Waals surface area contributed by atoms with Crippen LogP contribution in [0.5, 0.6) is 0 Å². The van der Waals surface area contributed by atoms with Crippen molar-refractivity contribution in [2.75, 3.05) is 26.4 Å². The number of benzene rings is 1. The summed E-state index contributed by atoms with van der Waals surface area (Å²) < 4.78 is 62.0. The van der Waals surface area contributed by atoms with Crippen molar-refractivity contribution < 1.29 is 36.8 Å². The van der Waals surface area contributed by atoms with Crippen LogP contribution in [0.2, 0.25) is 0 Å². The fraction of sp³-hybridized carbons (Fsp3) is 0.571. The Balaban J connectivity index is 1.46. The van der Waals surface area contributed by atoms with Crippen LogP contribution in [0.3, 0.4) is 0 Å². The summed E-state index contributed by atoms with van der Waals surface area (Å²) in [6, 6.07) is 0.988. The number of hydrogen-bond acceptors (Lipinski definition) is 7. The molecule has 3 atom stereocenters. The van der Waals surface area contributed by atoms with Gasteiger partial charge in [-0.1, -0.05) is 18.7 Å². The zero-order chi connectivity index (χ0) is 30.0. The highest BCUT2D eigenvalue weighted by Gasteiger charge is 2.41. The molecule has 0 bridgehead atoms. The van der Waals surface area contributed by atoms with Gasteiger partial charge in [-0.15, -0.1) is 5.48 Å². The molecule has 0 spiro atoms. The lowest BCUT2D eigenvalue weighted by molar-refractivity contribution is -0.136. The van der Waals surface area contributed by atoms with Crippen LogP contribution >= 0.6 is 0 Å². The number of fused-ring (bicyclic) bond motifs is 1. The molecule has 2 amide bonds. The van der Waals surface area contributed by atoms with Crippen LogP contribution in [0.15, 0.2) is 29.4 Å². The normalized spacial score (nSPS) is 23.4. The van der Waals surface area contributed by atoms with Crippen LogP contribution in [0, 0.1) is 11.7 Å². The number of ether oxygens (including phenoxy) is 1. The van der Waals surface area contributed by atoms with E-state index in [1.165, 1.54) is 11.0 Å². The summed E-state index contributed by atoms with van der Waals surface area (Å²) in [5.74, 6) is -4.61. The Kier molecular flexibility index (Phi) is 8.83. The van der Waals surface area contributed by atoms with Crippen LogP contribution in [0.25, 0.3) is 11.0 Å². The van der Waals surface area contributed by atoms with E-state index in [4.69, 9.17) is 9.68 Å². The Bertz CT molecular complexity index is 1370. The van der Waals surface area contributed by atoms with Crippen LogP contribution in [-0.2, 0) is 19.3 Å². The van der Waals surface area contributed by atoms with Gasteiger partial charge in [0.15, 0.2) is 11.5 Å². The van der Waals surface area contributed by atoms with E-state index >= 15 is 4.39 Å². The zero-order valence-electron chi connectivity index (χ0n) is 23.2. The summed E-state index contributed by atoms with van der Waals surface area (Å²) in [5.41, 5.74) is 3.60. The number of carbonyl (C=O) groups is 2. The molecule has 5 rings (SSSR count). The smallest absolute Gasteiger partial charge is 0.271 e. The second-order valence-electron chi connectivity index (χ2n) is 10.9. The van der Waals surface area contributed by atoms with Gasteiger partial charge in [-0.2, -0.15) is 0 Å². The van der Waals surface area contributed by atoms with Gasteiger partial charge < -0.3 is 19.9 Å². The highest BCUT2D eigenvalue weighted by molar-refractivity contribution is 6.41. The number of oxime groups is 1. The molecule has 1 aliphatic carbocycles. The number of carbonyl (C=O) groups excluding carboxylic acids is 2. The van der Waals surface area contributed by atoms with Crippen molar-refractivity contribution in [2.45, 2.75) is 69.5 Å². The highest BCUT2D eigenvalue weighted by atomic mass is 19.3. The monoisotopic (exact) mass is 594 g/mol. The summed E-state index contributed by atoms with van der Waals surface area (Å²) in [6.07, 6.45) is -0.0119. The van der Waals surface area contributed by atoms with Gasteiger partial charge in [0, 0.05) is 31.4 Å². The number of aromatic nitrogens is 2. The number of aromatic amines is 1. The first kappa shape index (κ1) is 30.0. The van der Waals surface area contributed by atoms with E-state index in [1.807, 2.05) is 6.92 Å². The Labute approximate surface area is 239 Å². The molecule has 3 heterocycles. The minimum Gasteiger partial charge on any atom is -0.377 e. The molecule has 42 heavy (non-hydrogen) atoms. The number of H-pyrrole nitrogens is 1.